The second-order valence-electron chi connectivity index (χ2n) is 6.41. The molecule has 1 unspecified atom stereocenters. The van der Waals surface area contributed by atoms with Gasteiger partial charge in [0, 0.05) is 17.4 Å². The van der Waals surface area contributed by atoms with Crippen LogP contribution in [0.5, 0.6) is 0 Å². The van der Waals surface area contributed by atoms with Crippen LogP contribution in [0, 0.1) is 11.8 Å². The van der Waals surface area contributed by atoms with Gasteiger partial charge in [0.25, 0.3) is 5.91 Å². The molecule has 112 valence electrons. The summed E-state index contributed by atoms with van der Waals surface area (Å²) < 4.78 is 0. The first-order chi connectivity index (χ1) is 9.96. The maximum atomic E-state index is 12.5. The Morgan fingerprint density at radius 3 is 2.43 bits per heavy atom. The maximum Gasteiger partial charge on any atom is 0.322 e. The highest BCUT2D eigenvalue weighted by molar-refractivity contribution is 6.07. The van der Waals surface area contributed by atoms with Crippen molar-refractivity contribution in [1.29, 1.82) is 0 Å². The molecule has 0 aliphatic carbocycles. The summed E-state index contributed by atoms with van der Waals surface area (Å²) in [5.41, 5.74) is 0.416. The van der Waals surface area contributed by atoms with E-state index in [1.807, 2.05) is 25.1 Å². The zero-order chi connectivity index (χ0) is 15.2. The number of likely N-dealkylation sites (tertiary alicyclic amines) is 1. The molecule has 2 aliphatic rings. The summed E-state index contributed by atoms with van der Waals surface area (Å²) in [7, 11) is 2.16. The zero-order valence-electron chi connectivity index (χ0n) is 12.6. The molecule has 0 bridgehead atoms. The summed E-state index contributed by atoms with van der Waals surface area (Å²) >= 11 is 0. The van der Waals surface area contributed by atoms with E-state index in [-0.39, 0.29) is 29.8 Å². The van der Waals surface area contributed by atoms with Gasteiger partial charge in [-0.3, -0.25) is 10.1 Å². The number of carbonyl (C=O) groups excluding carboxylic acids is 2. The van der Waals surface area contributed by atoms with E-state index in [1.165, 1.54) is 10.5 Å². The number of hydrogen-bond donors (Lipinski definition) is 3. The molecule has 3 N–H and O–H groups in total. The standard InChI is InChI=1S/C16H21N3O2/c1-10-9-19(3)13(12-7-5-4-6-8-12)11(2)16(10)14(20)17-15(21)18-16/h4-8,10-11,13H,9H2,1-3H3,(H2,17,18,20,21)/p+1/t10-,11+,13+,16-/m1/s1. The third-order valence-electron chi connectivity index (χ3n) is 5.24. The molecule has 2 aliphatic heterocycles. The van der Waals surface area contributed by atoms with Gasteiger partial charge >= 0.3 is 6.03 Å². The first-order valence-electron chi connectivity index (χ1n) is 7.47. The first-order valence-corrected chi connectivity index (χ1v) is 7.47. The fourth-order valence-electron chi connectivity index (χ4n) is 4.29. The number of quaternary nitrogens is 1. The number of carbonyl (C=O) groups is 2. The molecule has 0 saturated carbocycles. The maximum absolute atomic E-state index is 12.5. The van der Waals surface area contributed by atoms with Gasteiger partial charge in [-0.25, -0.2) is 4.79 Å². The van der Waals surface area contributed by atoms with Gasteiger partial charge in [0.1, 0.15) is 11.6 Å². The molecule has 3 amide bonds. The molecule has 2 fully saturated rings. The summed E-state index contributed by atoms with van der Waals surface area (Å²) in [6.07, 6.45) is 0. The molecule has 1 aromatic carbocycles. The minimum absolute atomic E-state index is 0.0232. The summed E-state index contributed by atoms with van der Waals surface area (Å²) in [5.74, 6) is -0.0602. The molecule has 2 saturated heterocycles. The van der Waals surface area contributed by atoms with Crippen molar-refractivity contribution in [3.05, 3.63) is 35.9 Å². The molecular formula is C16H22N3O2+. The SMILES string of the molecule is C[C@@H]1C[NH+](C)[C@H](c2ccccc2)[C@H](C)[C@]12NC(=O)NC2=O. The molecule has 0 aromatic heterocycles. The molecular weight excluding hydrogens is 266 g/mol. The highest BCUT2D eigenvalue weighted by Crippen LogP contribution is 2.38. The third kappa shape index (κ3) is 1.95. The molecule has 1 spiro atoms. The third-order valence-corrected chi connectivity index (χ3v) is 5.24. The Hall–Kier alpha value is -1.88. The van der Waals surface area contributed by atoms with Crippen molar-refractivity contribution in [3.63, 3.8) is 0 Å². The molecule has 5 heteroatoms. The minimum Gasteiger partial charge on any atom is -0.331 e. The lowest BCUT2D eigenvalue weighted by Gasteiger charge is -2.48. The van der Waals surface area contributed by atoms with Gasteiger partial charge in [0.2, 0.25) is 0 Å². The molecule has 2 heterocycles. The van der Waals surface area contributed by atoms with Crippen molar-refractivity contribution >= 4 is 11.9 Å². The number of benzene rings is 1. The predicted octanol–water partition coefficient (Wildman–Crippen LogP) is 0.106. The Balaban J connectivity index is 2.04. The van der Waals surface area contributed by atoms with Crippen molar-refractivity contribution in [1.82, 2.24) is 10.6 Å². The summed E-state index contributed by atoms with van der Waals surface area (Å²) in [5, 5.41) is 5.35. The van der Waals surface area contributed by atoms with E-state index in [1.54, 1.807) is 0 Å². The van der Waals surface area contributed by atoms with Crippen LogP contribution in [0.1, 0.15) is 25.5 Å². The smallest absolute Gasteiger partial charge is 0.322 e. The number of amides is 3. The van der Waals surface area contributed by atoms with E-state index >= 15 is 0 Å². The Morgan fingerprint density at radius 1 is 1.19 bits per heavy atom. The van der Waals surface area contributed by atoms with Gasteiger partial charge in [-0.2, -0.15) is 0 Å². The predicted molar refractivity (Wildman–Crippen MR) is 78.7 cm³/mol. The molecule has 0 radical (unpaired) electrons. The average molecular weight is 288 g/mol. The number of hydrogen-bond acceptors (Lipinski definition) is 2. The fraction of sp³-hybridized carbons (Fsp3) is 0.500. The van der Waals surface area contributed by atoms with Crippen LogP contribution >= 0.6 is 0 Å². The van der Waals surface area contributed by atoms with Gasteiger partial charge < -0.3 is 10.2 Å². The fourth-order valence-corrected chi connectivity index (χ4v) is 4.29. The summed E-state index contributed by atoms with van der Waals surface area (Å²) in [6, 6.07) is 10.1. The van der Waals surface area contributed by atoms with Gasteiger partial charge in [-0.1, -0.05) is 44.2 Å². The van der Waals surface area contributed by atoms with E-state index in [9.17, 15) is 9.59 Å². The number of piperidine rings is 1. The number of imide groups is 1. The van der Waals surface area contributed by atoms with E-state index in [4.69, 9.17) is 0 Å². The molecule has 5 atom stereocenters. The van der Waals surface area contributed by atoms with Crippen LogP contribution in [-0.2, 0) is 4.79 Å². The Morgan fingerprint density at radius 2 is 1.86 bits per heavy atom. The highest BCUT2D eigenvalue weighted by atomic mass is 16.2. The van der Waals surface area contributed by atoms with Gasteiger partial charge in [0.15, 0.2) is 0 Å². The first kappa shape index (κ1) is 14.1. The van der Waals surface area contributed by atoms with E-state index in [0.29, 0.717) is 0 Å². The summed E-state index contributed by atoms with van der Waals surface area (Å²) in [6.45, 7) is 4.96. The lowest BCUT2D eigenvalue weighted by molar-refractivity contribution is -0.927. The molecule has 3 rings (SSSR count). The van der Waals surface area contributed by atoms with Crippen LogP contribution in [0.25, 0.3) is 0 Å². The average Bonchev–Trinajstić information content (AvgIpc) is 2.74. The largest absolute Gasteiger partial charge is 0.331 e. The monoisotopic (exact) mass is 288 g/mol. The second-order valence-corrected chi connectivity index (χ2v) is 6.41. The minimum atomic E-state index is -0.795. The number of nitrogens with one attached hydrogen (secondary N) is 3. The van der Waals surface area contributed by atoms with Crippen LogP contribution < -0.4 is 15.5 Å². The highest BCUT2D eigenvalue weighted by Gasteiger charge is 2.61. The van der Waals surface area contributed by atoms with Crippen molar-refractivity contribution in [3.8, 4) is 0 Å². The van der Waals surface area contributed by atoms with Crippen molar-refractivity contribution < 1.29 is 14.5 Å². The van der Waals surface area contributed by atoms with E-state index in [2.05, 4.69) is 36.7 Å². The zero-order valence-corrected chi connectivity index (χ0v) is 12.6. The Labute approximate surface area is 124 Å². The lowest BCUT2D eigenvalue weighted by atomic mass is 9.67. The van der Waals surface area contributed by atoms with E-state index < -0.39 is 5.54 Å². The second kappa shape index (κ2) is 4.84. The van der Waals surface area contributed by atoms with E-state index in [0.717, 1.165) is 6.54 Å². The van der Waals surface area contributed by atoms with Gasteiger partial charge in [-0.15, -0.1) is 0 Å². The lowest BCUT2D eigenvalue weighted by Crippen LogP contribution is -3.13. The molecule has 21 heavy (non-hydrogen) atoms. The Kier molecular flexibility index (Phi) is 3.24. The van der Waals surface area contributed by atoms with Crippen molar-refractivity contribution in [2.45, 2.75) is 25.4 Å². The summed E-state index contributed by atoms with van der Waals surface area (Å²) in [4.78, 5) is 25.5. The van der Waals surface area contributed by atoms with Crippen LogP contribution in [0.2, 0.25) is 0 Å². The van der Waals surface area contributed by atoms with Gasteiger partial charge in [-0.05, 0) is 0 Å². The quantitative estimate of drug-likeness (QED) is 0.642. The van der Waals surface area contributed by atoms with Crippen LogP contribution in [-0.4, -0.2) is 31.1 Å². The number of rotatable bonds is 1. The van der Waals surface area contributed by atoms with Crippen LogP contribution in [0.4, 0.5) is 4.79 Å². The topological polar surface area (TPSA) is 62.6 Å². The van der Waals surface area contributed by atoms with Crippen molar-refractivity contribution in [2.75, 3.05) is 13.6 Å². The van der Waals surface area contributed by atoms with Gasteiger partial charge in [0.05, 0.1) is 13.6 Å². The Bertz CT molecular complexity index is 574. The van der Waals surface area contributed by atoms with Crippen LogP contribution in [0.3, 0.4) is 0 Å². The number of urea groups is 1. The normalized spacial score (nSPS) is 39.2. The van der Waals surface area contributed by atoms with Crippen molar-refractivity contribution in [2.24, 2.45) is 11.8 Å². The molecule has 1 aromatic rings. The van der Waals surface area contributed by atoms with Crippen LogP contribution in [0.15, 0.2) is 30.3 Å². The molecule has 5 nitrogen and oxygen atoms in total.